The van der Waals surface area contributed by atoms with Crippen molar-refractivity contribution in [3.63, 3.8) is 0 Å². The van der Waals surface area contributed by atoms with E-state index in [2.05, 4.69) is 9.97 Å². The molecule has 0 amide bonds. The third kappa shape index (κ3) is 2.34. The lowest BCUT2D eigenvalue weighted by Gasteiger charge is -2.02. The monoisotopic (exact) mass is 251 g/mol. The largest absolute Gasteiger partial charge is 0.497 e. The number of aromatic nitrogens is 2. The molecule has 0 atom stereocenters. The van der Waals surface area contributed by atoms with Crippen LogP contribution in [0.5, 0.6) is 5.75 Å². The Balaban J connectivity index is 2.46. The molecule has 2 N–H and O–H groups in total. The van der Waals surface area contributed by atoms with Gasteiger partial charge in [0, 0.05) is 5.56 Å². The second kappa shape index (κ2) is 4.54. The summed E-state index contributed by atoms with van der Waals surface area (Å²) in [6.45, 7) is 0. The molecule has 0 aliphatic rings. The number of hydrogen-bond acceptors (Lipinski definition) is 6. The summed E-state index contributed by atoms with van der Waals surface area (Å²) in [5.41, 5.74) is 6.50. The molecule has 0 fully saturated rings. The van der Waals surface area contributed by atoms with Crippen molar-refractivity contribution in [1.29, 1.82) is 0 Å². The van der Waals surface area contributed by atoms with Gasteiger partial charge in [-0.3, -0.25) is 0 Å². The van der Waals surface area contributed by atoms with E-state index in [0.717, 1.165) is 11.3 Å². The molecule has 2 rings (SSSR count). The molecular weight excluding hydrogens is 242 g/mol. The molecule has 1 aromatic carbocycles. The average molecular weight is 251 g/mol. The molecule has 2 aromatic rings. The molecule has 82 valence electrons. The van der Waals surface area contributed by atoms with Gasteiger partial charge in [-0.1, -0.05) is 11.3 Å². The summed E-state index contributed by atoms with van der Waals surface area (Å²) in [4.78, 5) is 8.30. The van der Waals surface area contributed by atoms with Gasteiger partial charge >= 0.3 is 0 Å². The van der Waals surface area contributed by atoms with E-state index in [9.17, 15) is 0 Å². The lowest BCUT2D eigenvalue weighted by Crippen LogP contribution is -1.93. The average Bonchev–Trinajstić information content (AvgIpc) is 2.28. The molecule has 16 heavy (non-hydrogen) atoms. The first kappa shape index (κ1) is 11.0. The lowest BCUT2D eigenvalue weighted by molar-refractivity contribution is 0.415. The number of methoxy groups -OCH3 is 1. The van der Waals surface area contributed by atoms with Gasteiger partial charge in [0.1, 0.15) is 5.75 Å². The van der Waals surface area contributed by atoms with Crippen molar-refractivity contribution in [3.8, 4) is 17.1 Å². The topological polar surface area (TPSA) is 61.0 Å². The van der Waals surface area contributed by atoms with Gasteiger partial charge in [0.15, 0.2) is 14.9 Å². The predicted octanol–water partition coefficient (Wildman–Crippen LogP) is 2.53. The summed E-state index contributed by atoms with van der Waals surface area (Å²) in [6, 6.07) is 7.42. The number of anilines is 1. The Hall–Kier alpha value is -1.53. The first-order valence-corrected chi connectivity index (χ1v) is 5.70. The van der Waals surface area contributed by atoms with E-state index in [1.807, 2.05) is 24.3 Å². The zero-order valence-corrected chi connectivity index (χ0v) is 10.1. The van der Waals surface area contributed by atoms with Crippen molar-refractivity contribution in [1.82, 2.24) is 9.97 Å². The Labute approximate surface area is 102 Å². The molecule has 0 saturated carbocycles. The number of nitrogen functional groups attached to an aromatic ring is 1. The van der Waals surface area contributed by atoms with E-state index in [0.29, 0.717) is 14.9 Å². The molecule has 0 saturated heterocycles. The normalized spacial score (nSPS) is 10.1. The highest BCUT2D eigenvalue weighted by atomic mass is 32.1. The maximum Gasteiger partial charge on any atom is 0.185 e. The van der Waals surface area contributed by atoms with Gasteiger partial charge in [-0.15, -0.1) is 0 Å². The minimum atomic E-state index is 0.422. The molecule has 0 radical (unpaired) electrons. The molecule has 6 heteroatoms. The van der Waals surface area contributed by atoms with Crippen LogP contribution in [0.15, 0.2) is 24.3 Å². The van der Waals surface area contributed by atoms with E-state index in [4.69, 9.17) is 22.7 Å². The van der Waals surface area contributed by atoms with Crippen molar-refractivity contribution >= 4 is 28.7 Å². The number of rotatable bonds is 2. The second-order valence-corrected chi connectivity index (χ2v) is 4.64. The van der Waals surface area contributed by atoms with Crippen LogP contribution < -0.4 is 10.5 Å². The van der Waals surface area contributed by atoms with Crippen molar-refractivity contribution in [3.05, 3.63) is 28.2 Å². The quantitative estimate of drug-likeness (QED) is 0.831. The van der Waals surface area contributed by atoms with Crippen LogP contribution >= 0.6 is 23.6 Å². The lowest BCUT2D eigenvalue weighted by atomic mass is 10.2. The molecule has 0 aliphatic heterocycles. The van der Waals surface area contributed by atoms with E-state index in [-0.39, 0.29) is 0 Å². The van der Waals surface area contributed by atoms with Crippen molar-refractivity contribution in [2.75, 3.05) is 12.8 Å². The fourth-order valence-electron chi connectivity index (χ4n) is 1.22. The van der Waals surface area contributed by atoms with Crippen LogP contribution in [0.25, 0.3) is 11.4 Å². The van der Waals surface area contributed by atoms with Crippen LogP contribution in [0.1, 0.15) is 0 Å². The molecule has 4 nitrogen and oxygen atoms in total. The highest BCUT2D eigenvalue weighted by Crippen LogP contribution is 2.21. The molecule has 0 unspecified atom stereocenters. The summed E-state index contributed by atoms with van der Waals surface area (Å²) in [5.74, 6) is 1.33. The predicted molar refractivity (Wildman–Crippen MR) is 67.1 cm³/mol. The fraction of sp³-hybridized carbons (Fsp3) is 0.100. The SMILES string of the molecule is COc1ccc(-c2nc(N)sc(=S)n2)cc1. The maximum absolute atomic E-state index is 5.63. The number of nitrogens with zero attached hydrogens (tertiary/aromatic N) is 2. The van der Waals surface area contributed by atoms with Gasteiger partial charge in [0.05, 0.1) is 7.11 Å². The number of ether oxygens (including phenoxy) is 1. The number of benzene rings is 1. The fourth-order valence-corrected chi connectivity index (χ4v) is 2.01. The van der Waals surface area contributed by atoms with Crippen LogP contribution in [-0.2, 0) is 0 Å². The first-order chi connectivity index (χ1) is 7.69. The first-order valence-electron chi connectivity index (χ1n) is 4.48. The van der Waals surface area contributed by atoms with Gasteiger partial charge in [0.2, 0.25) is 0 Å². The van der Waals surface area contributed by atoms with Crippen LogP contribution in [0.2, 0.25) is 0 Å². The van der Waals surface area contributed by atoms with Gasteiger partial charge in [-0.05, 0) is 36.5 Å². The Morgan fingerprint density at radius 1 is 1.25 bits per heavy atom. The van der Waals surface area contributed by atoms with Crippen molar-refractivity contribution in [2.45, 2.75) is 0 Å². The summed E-state index contributed by atoms with van der Waals surface area (Å²) in [7, 11) is 1.62. The van der Waals surface area contributed by atoms with Crippen LogP contribution in [0, 0.1) is 3.95 Å². The highest BCUT2D eigenvalue weighted by Gasteiger charge is 2.03. The van der Waals surface area contributed by atoms with E-state index in [1.54, 1.807) is 7.11 Å². The summed E-state index contributed by atoms with van der Waals surface area (Å²) in [5, 5.41) is 0.422. The molecule has 0 aliphatic carbocycles. The van der Waals surface area contributed by atoms with Gasteiger partial charge in [-0.25, -0.2) is 9.97 Å². The van der Waals surface area contributed by atoms with Gasteiger partial charge in [-0.2, -0.15) is 0 Å². The number of hydrogen-bond donors (Lipinski definition) is 1. The Morgan fingerprint density at radius 3 is 2.50 bits per heavy atom. The van der Waals surface area contributed by atoms with Crippen molar-refractivity contribution in [2.24, 2.45) is 0 Å². The summed E-state index contributed by atoms with van der Waals surface area (Å²) < 4.78 is 5.55. The van der Waals surface area contributed by atoms with E-state index in [1.165, 1.54) is 11.3 Å². The van der Waals surface area contributed by atoms with Gasteiger partial charge < -0.3 is 10.5 Å². The smallest absolute Gasteiger partial charge is 0.185 e. The Morgan fingerprint density at radius 2 is 1.94 bits per heavy atom. The summed E-state index contributed by atoms with van der Waals surface area (Å²) in [6.07, 6.45) is 0. The third-order valence-electron chi connectivity index (χ3n) is 1.95. The zero-order chi connectivity index (χ0) is 11.5. The minimum absolute atomic E-state index is 0.422. The van der Waals surface area contributed by atoms with Crippen molar-refractivity contribution < 1.29 is 4.74 Å². The van der Waals surface area contributed by atoms with E-state index >= 15 is 0 Å². The molecule has 0 spiro atoms. The summed E-state index contributed by atoms with van der Waals surface area (Å²) >= 11 is 6.19. The molecule has 1 aromatic heterocycles. The molecular formula is C10H9N3OS2. The van der Waals surface area contributed by atoms with Crippen LogP contribution in [-0.4, -0.2) is 17.1 Å². The van der Waals surface area contributed by atoms with Gasteiger partial charge in [0.25, 0.3) is 0 Å². The van der Waals surface area contributed by atoms with Crippen LogP contribution in [0.3, 0.4) is 0 Å². The second-order valence-electron chi connectivity index (χ2n) is 2.98. The maximum atomic E-state index is 5.63. The van der Waals surface area contributed by atoms with Crippen LogP contribution in [0.4, 0.5) is 5.13 Å². The molecule has 1 heterocycles. The Kier molecular flexibility index (Phi) is 3.12. The van der Waals surface area contributed by atoms with E-state index < -0.39 is 0 Å². The third-order valence-corrected chi connectivity index (χ3v) is 2.86. The molecule has 0 bridgehead atoms. The highest BCUT2D eigenvalue weighted by molar-refractivity contribution is 7.73. The number of nitrogens with two attached hydrogens (primary N) is 1. The standard InChI is InChI=1S/C10H9N3OS2/c1-14-7-4-2-6(3-5-7)8-12-9(11)16-10(15)13-8/h2-5H,1H3,(H2,11,12,13,15). The minimum Gasteiger partial charge on any atom is -0.497 e. The zero-order valence-electron chi connectivity index (χ0n) is 8.51. The Bertz CT molecular complexity index is 551.